The molecule has 96 valence electrons. The molecule has 0 spiro atoms. The Labute approximate surface area is 106 Å². The largest absolute Gasteiger partial charge is 0.491 e. The van der Waals surface area contributed by atoms with E-state index in [4.69, 9.17) is 10.5 Å². The number of nitrogens with two attached hydrogens (primary N) is 1. The van der Waals surface area contributed by atoms with E-state index in [1.165, 1.54) is 0 Å². The van der Waals surface area contributed by atoms with Crippen LogP contribution in [0.25, 0.3) is 0 Å². The highest BCUT2D eigenvalue weighted by molar-refractivity contribution is 5.59. The van der Waals surface area contributed by atoms with Gasteiger partial charge in [-0.25, -0.2) is 4.98 Å². The number of ether oxygens (including phenoxy) is 1. The maximum Gasteiger partial charge on any atom is 0.125 e. The van der Waals surface area contributed by atoms with E-state index in [9.17, 15) is 0 Å². The molecule has 18 heavy (non-hydrogen) atoms. The molecule has 2 aromatic rings. The number of anilines is 2. The average Bonchev–Trinajstić information content (AvgIpc) is 2.77. The summed E-state index contributed by atoms with van der Waals surface area (Å²) in [5, 5.41) is 3.25. The Morgan fingerprint density at radius 1 is 1.39 bits per heavy atom. The standard InChI is InChI=1S/C13H18N4O/c1-9(2)18-12-6-10(14)5-11(7-12)17-8-13-15-3-4-16-13/h3-7,9,17H,8,14H2,1-2H3,(H,15,16). The first-order valence-electron chi connectivity index (χ1n) is 5.93. The molecule has 4 N–H and O–H groups in total. The van der Waals surface area contributed by atoms with Crippen molar-refractivity contribution in [2.45, 2.75) is 26.5 Å². The van der Waals surface area contributed by atoms with Gasteiger partial charge in [-0.3, -0.25) is 0 Å². The van der Waals surface area contributed by atoms with Gasteiger partial charge in [-0.15, -0.1) is 0 Å². The van der Waals surface area contributed by atoms with Crippen LogP contribution in [0, 0.1) is 0 Å². The van der Waals surface area contributed by atoms with Crippen LogP contribution in [-0.4, -0.2) is 16.1 Å². The highest BCUT2D eigenvalue weighted by atomic mass is 16.5. The van der Waals surface area contributed by atoms with Gasteiger partial charge in [-0.05, 0) is 19.9 Å². The zero-order chi connectivity index (χ0) is 13.0. The van der Waals surface area contributed by atoms with Gasteiger partial charge in [0.05, 0.1) is 12.6 Å². The predicted molar refractivity (Wildman–Crippen MR) is 72.5 cm³/mol. The second-order valence-corrected chi connectivity index (χ2v) is 4.35. The van der Waals surface area contributed by atoms with Crippen molar-refractivity contribution in [1.29, 1.82) is 0 Å². The highest BCUT2D eigenvalue weighted by Crippen LogP contribution is 2.23. The first-order valence-corrected chi connectivity index (χ1v) is 5.93. The third-order valence-electron chi connectivity index (χ3n) is 2.32. The third kappa shape index (κ3) is 3.41. The monoisotopic (exact) mass is 246 g/mol. The number of aromatic nitrogens is 2. The van der Waals surface area contributed by atoms with Gasteiger partial charge in [0.15, 0.2) is 0 Å². The SMILES string of the molecule is CC(C)Oc1cc(N)cc(NCc2ncc[nH]2)c1. The topological polar surface area (TPSA) is 76.0 Å². The molecule has 1 aromatic heterocycles. The number of imidazole rings is 1. The zero-order valence-electron chi connectivity index (χ0n) is 10.6. The second kappa shape index (κ2) is 5.44. The number of aromatic amines is 1. The van der Waals surface area contributed by atoms with Crippen LogP contribution in [0.5, 0.6) is 5.75 Å². The van der Waals surface area contributed by atoms with Crippen LogP contribution in [-0.2, 0) is 6.54 Å². The Morgan fingerprint density at radius 2 is 2.22 bits per heavy atom. The Morgan fingerprint density at radius 3 is 2.89 bits per heavy atom. The Hall–Kier alpha value is -2.17. The molecular formula is C13H18N4O. The molecule has 5 nitrogen and oxygen atoms in total. The summed E-state index contributed by atoms with van der Waals surface area (Å²) in [6.45, 7) is 4.59. The molecule has 0 fully saturated rings. The number of hydrogen-bond donors (Lipinski definition) is 3. The lowest BCUT2D eigenvalue weighted by molar-refractivity contribution is 0.242. The van der Waals surface area contributed by atoms with Gasteiger partial charge >= 0.3 is 0 Å². The Bertz CT molecular complexity index is 494. The van der Waals surface area contributed by atoms with Crippen molar-refractivity contribution in [3.05, 3.63) is 36.4 Å². The van der Waals surface area contributed by atoms with Crippen LogP contribution in [0.2, 0.25) is 0 Å². The van der Waals surface area contributed by atoms with E-state index in [0.717, 1.165) is 17.3 Å². The summed E-state index contributed by atoms with van der Waals surface area (Å²) >= 11 is 0. The van der Waals surface area contributed by atoms with Crippen LogP contribution in [0.4, 0.5) is 11.4 Å². The van der Waals surface area contributed by atoms with Crippen molar-refractivity contribution in [2.24, 2.45) is 0 Å². The van der Waals surface area contributed by atoms with Crippen LogP contribution in [0.15, 0.2) is 30.6 Å². The van der Waals surface area contributed by atoms with Crippen LogP contribution in [0.1, 0.15) is 19.7 Å². The van der Waals surface area contributed by atoms with Gasteiger partial charge in [0, 0.05) is 35.9 Å². The minimum atomic E-state index is 0.129. The second-order valence-electron chi connectivity index (χ2n) is 4.35. The fourth-order valence-electron chi connectivity index (χ4n) is 1.64. The van der Waals surface area contributed by atoms with Crippen LogP contribution >= 0.6 is 0 Å². The summed E-state index contributed by atoms with van der Waals surface area (Å²) in [5.74, 6) is 1.65. The summed E-state index contributed by atoms with van der Waals surface area (Å²) in [6, 6.07) is 5.62. The van der Waals surface area contributed by atoms with Crippen molar-refractivity contribution < 1.29 is 4.74 Å². The molecule has 0 aliphatic carbocycles. The summed E-state index contributed by atoms with van der Waals surface area (Å²) in [4.78, 5) is 7.18. The van der Waals surface area contributed by atoms with Crippen LogP contribution < -0.4 is 15.8 Å². The lowest BCUT2D eigenvalue weighted by Crippen LogP contribution is -2.07. The molecule has 0 aliphatic rings. The van der Waals surface area contributed by atoms with E-state index in [0.29, 0.717) is 12.2 Å². The van der Waals surface area contributed by atoms with E-state index in [-0.39, 0.29) is 6.10 Å². The molecule has 0 bridgehead atoms. The van der Waals surface area contributed by atoms with Crippen molar-refractivity contribution in [2.75, 3.05) is 11.1 Å². The molecule has 1 heterocycles. The molecule has 0 unspecified atom stereocenters. The third-order valence-corrected chi connectivity index (χ3v) is 2.32. The van der Waals surface area contributed by atoms with E-state index in [1.807, 2.05) is 32.0 Å². The fraction of sp³-hybridized carbons (Fsp3) is 0.308. The number of rotatable bonds is 5. The maximum absolute atomic E-state index is 5.84. The molecule has 2 rings (SSSR count). The molecular weight excluding hydrogens is 228 g/mol. The Kier molecular flexibility index (Phi) is 3.72. The van der Waals surface area contributed by atoms with Crippen molar-refractivity contribution in [1.82, 2.24) is 9.97 Å². The van der Waals surface area contributed by atoms with Crippen molar-refractivity contribution in [3.8, 4) is 5.75 Å². The summed E-state index contributed by atoms with van der Waals surface area (Å²) in [6.07, 6.45) is 3.65. The maximum atomic E-state index is 5.84. The number of nitrogens with one attached hydrogen (secondary N) is 2. The lowest BCUT2D eigenvalue weighted by atomic mass is 10.2. The van der Waals surface area contributed by atoms with Crippen molar-refractivity contribution >= 4 is 11.4 Å². The van der Waals surface area contributed by atoms with Crippen LogP contribution in [0.3, 0.4) is 0 Å². The summed E-state index contributed by atoms with van der Waals surface area (Å²) in [5.41, 5.74) is 7.44. The quantitative estimate of drug-likeness (QED) is 0.708. The first kappa shape index (κ1) is 12.3. The Balaban J connectivity index is 2.05. The highest BCUT2D eigenvalue weighted by Gasteiger charge is 2.03. The number of benzene rings is 1. The van der Waals surface area contributed by atoms with Crippen molar-refractivity contribution in [3.63, 3.8) is 0 Å². The van der Waals surface area contributed by atoms with E-state index >= 15 is 0 Å². The molecule has 0 aliphatic heterocycles. The minimum Gasteiger partial charge on any atom is -0.491 e. The fourth-order valence-corrected chi connectivity index (χ4v) is 1.64. The molecule has 5 heteroatoms. The normalized spacial score (nSPS) is 10.6. The molecule has 0 saturated heterocycles. The minimum absolute atomic E-state index is 0.129. The zero-order valence-corrected chi connectivity index (χ0v) is 10.6. The predicted octanol–water partition coefficient (Wildman–Crippen LogP) is 2.39. The van der Waals surface area contributed by atoms with E-state index in [2.05, 4.69) is 15.3 Å². The number of H-pyrrole nitrogens is 1. The van der Waals surface area contributed by atoms with E-state index < -0.39 is 0 Å². The molecule has 0 radical (unpaired) electrons. The van der Waals surface area contributed by atoms with Gasteiger partial charge < -0.3 is 20.8 Å². The van der Waals surface area contributed by atoms with Gasteiger partial charge in [0.2, 0.25) is 0 Å². The van der Waals surface area contributed by atoms with E-state index in [1.54, 1.807) is 12.4 Å². The molecule has 0 atom stereocenters. The number of hydrogen-bond acceptors (Lipinski definition) is 4. The average molecular weight is 246 g/mol. The first-order chi connectivity index (χ1) is 8.63. The molecule has 0 saturated carbocycles. The summed E-state index contributed by atoms with van der Waals surface area (Å²) in [7, 11) is 0. The lowest BCUT2D eigenvalue weighted by Gasteiger charge is -2.13. The number of nitrogens with zero attached hydrogens (tertiary/aromatic N) is 1. The molecule has 1 aromatic carbocycles. The van der Waals surface area contributed by atoms with Gasteiger partial charge in [0.25, 0.3) is 0 Å². The summed E-state index contributed by atoms with van der Waals surface area (Å²) < 4.78 is 5.63. The van der Waals surface area contributed by atoms with Gasteiger partial charge in [0.1, 0.15) is 11.6 Å². The smallest absolute Gasteiger partial charge is 0.125 e. The molecule has 0 amide bonds. The van der Waals surface area contributed by atoms with Gasteiger partial charge in [-0.1, -0.05) is 0 Å². The number of nitrogen functional groups attached to an aromatic ring is 1. The van der Waals surface area contributed by atoms with Gasteiger partial charge in [-0.2, -0.15) is 0 Å².